The highest BCUT2D eigenvalue weighted by atomic mass is 32.1. The number of fused-ring (bicyclic) bond motifs is 1. The molecule has 0 bridgehead atoms. The second-order valence-corrected chi connectivity index (χ2v) is 14.1. The minimum Gasteiger partial charge on any atom is -0.352 e. The van der Waals surface area contributed by atoms with Gasteiger partial charge >= 0.3 is 0 Å². The molecule has 0 spiro atoms. The molecule has 1 aromatic carbocycles. The quantitative estimate of drug-likeness (QED) is 0.179. The van der Waals surface area contributed by atoms with Gasteiger partial charge in [-0.2, -0.15) is 0 Å². The molecule has 0 saturated heterocycles. The SMILES string of the molecule is CCCN(CCc1cccs1)[C@@H]1CCc2c([B]C(=O)N(CC)CCC(C)(C)C(C)(CC)N(CC)C(=O)CC)cccc2C1. The average molecular weight is 607 g/mol. The summed E-state index contributed by atoms with van der Waals surface area (Å²) in [6, 6.07) is 11.5. The van der Waals surface area contributed by atoms with Crippen molar-refractivity contribution < 1.29 is 9.59 Å². The van der Waals surface area contributed by atoms with E-state index in [0.717, 1.165) is 57.1 Å². The fourth-order valence-corrected chi connectivity index (χ4v) is 7.79. The van der Waals surface area contributed by atoms with Crippen LogP contribution in [0.4, 0.5) is 4.79 Å². The van der Waals surface area contributed by atoms with Gasteiger partial charge in [-0.15, -0.1) is 11.3 Å². The Bertz CT molecular complexity index is 1170. The number of thiophene rings is 1. The first kappa shape index (κ1) is 35.4. The molecule has 1 unspecified atom stereocenters. The van der Waals surface area contributed by atoms with Crippen LogP contribution in [0, 0.1) is 5.41 Å². The molecule has 1 aliphatic carbocycles. The van der Waals surface area contributed by atoms with Gasteiger partial charge in [0, 0.05) is 49.1 Å². The lowest BCUT2D eigenvalue weighted by Crippen LogP contribution is -2.58. The zero-order chi connectivity index (χ0) is 31.6. The molecular formula is C36H57BN3O2S. The van der Waals surface area contributed by atoms with Crippen molar-refractivity contribution in [2.75, 3.05) is 32.7 Å². The molecule has 1 radical (unpaired) electrons. The van der Waals surface area contributed by atoms with Crippen molar-refractivity contribution in [2.24, 2.45) is 5.41 Å². The molecule has 1 heterocycles. The van der Waals surface area contributed by atoms with E-state index in [0.29, 0.717) is 32.1 Å². The fraction of sp³-hybridized carbons (Fsp3) is 0.667. The maximum absolute atomic E-state index is 13.7. The first-order valence-corrected chi connectivity index (χ1v) is 17.7. The van der Waals surface area contributed by atoms with Crippen molar-refractivity contribution >= 4 is 35.8 Å². The predicted molar refractivity (Wildman–Crippen MR) is 185 cm³/mol. The molecule has 2 amide bonds. The summed E-state index contributed by atoms with van der Waals surface area (Å²) in [5.74, 6) is 0.292. The van der Waals surface area contributed by atoms with Gasteiger partial charge in [-0.25, -0.2) is 0 Å². The lowest BCUT2D eigenvalue weighted by Gasteiger charge is -2.52. The molecule has 43 heavy (non-hydrogen) atoms. The van der Waals surface area contributed by atoms with Crippen molar-refractivity contribution in [2.45, 2.75) is 118 Å². The maximum Gasteiger partial charge on any atom is 0.271 e. The Morgan fingerprint density at radius 1 is 0.977 bits per heavy atom. The number of hydrogen-bond acceptors (Lipinski definition) is 4. The first-order valence-electron chi connectivity index (χ1n) is 16.9. The van der Waals surface area contributed by atoms with E-state index in [1.165, 1.54) is 22.4 Å². The van der Waals surface area contributed by atoms with Crippen LogP contribution < -0.4 is 5.46 Å². The van der Waals surface area contributed by atoms with Gasteiger partial charge in [0.05, 0.1) is 0 Å². The van der Waals surface area contributed by atoms with Crippen LogP contribution in [0.2, 0.25) is 0 Å². The van der Waals surface area contributed by atoms with Gasteiger partial charge in [-0.05, 0) is 94.7 Å². The summed E-state index contributed by atoms with van der Waals surface area (Å²) in [5, 5.41) is 2.17. The van der Waals surface area contributed by atoms with E-state index >= 15 is 0 Å². The zero-order valence-corrected chi connectivity index (χ0v) is 29.2. The second kappa shape index (κ2) is 16.3. The molecule has 2 aromatic rings. The smallest absolute Gasteiger partial charge is 0.271 e. The minimum atomic E-state index is -0.272. The summed E-state index contributed by atoms with van der Waals surface area (Å²) in [7, 11) is 1.88. The van der Waals surface area contributed by atoms with Crippen molar-refractivity contribution in [3.8, 4) is 0 Å². The number of carbonyl (C=O) groups excluding carboxylic acids is 2. The van der Waals surface area contributed by atoms with Crippen molar-refractivity contribution in [3.63, 3.8) is 0 Å². The molecule has 5 nitrogen and oxygen atoms in total. The molecule has 1 aromatic heterocycles. The molecular weight excluding hydrogens is 549 g/mol. The molecule has 0 fully saturated rings. The zero-order valence-electron chi connectivity index (χ0n) is 28.4. The van der Waals surface area contributed by atoms with Gasteiger partial charge in [0.25, 0.3) is 7.28 Å². The first-order chi connectivity index (χ1) is 20.5. The van der Waals surface area contributed by atoms with Crippen molar-refractivity contribution in [1.82, 2.24) is 14.7 Å². The van der Waals surface area contributed by atoms with E-state index in [1.807, 2.05) is 30.4 Å². The fourth-order valence-electron chi connectivity index (χ4n) is 7.10. The Morgan fingerprint density at radius 3 is 2.35 bits per heavy atom. The number of carbonyl (C=O) groups is 2. The highest BCUT2D eigenvalue weighted by molar-refractivity contribution is 7.09. The highest BCUT2D eigenvalue weighted by Crippen LogP contribution is 2.42. The van der Waals surface area contributed by atoms with Crippen molar-refractivity contribution in [1.29, 1.82) is 0 Å². The van der Waals surface area contributed by atoms with Gasteiger partial charge < -0.3 is 9.80 Å². The molecule has 2 atom stereocenters. The Kier molecular flexibility index (Phi) is 13.4. The molecule has 0 N–H and O–H groups in total. The normalized spacial score (nSPS) is 16.4. The third-order valence-corrected chi connectivity index (χ3v) is 11.3. The molecule has 237 valence electrons. The van der Waals surface area contributed by atoms with Gasteiger partial charge in [-0.3, -0.25) is 14.5 Å². The summed E-state index contributed by atoms with van der Waals surface area (Å²) in [4.78, 5) is 34.7. The largest absolute Gasteiger partial charge is 0.352 e. The van der Waals surface area contributed by atoms with E-state index in [4.69, 9.17) is 0 Å². The number of hydrogen-bond donors (Lipinski definition) is 0. The average Bonchev–Trinajstić information content (AvgIpc) is 3.53. The summed E-state index contributed by atoms with van der Waals surface area (Å²) < 4.78 is 0. The standard InChI is InChI=1S/C36H57BN3O2S/c1-9-23-39(24-21-30-17-15-26-43-30)29-19-20-31-28(27-29)16-14-18-32(31)37-34(42)38(12-4)25-22-35(6,7)36(8,11-3)40(13-5)33(41)10-2/h14-18,26,29H,9-13,19-25,27H2,1-8H3/t29-,36?/m1/s1. The van der Waals surface area contributed by atoms with Gasteiger partial charge in [0.1, 0.15) is 0 Å². The number of rotatable bonds is 17. The lowest BCUT2D eigenvalue weighted by atomic mass is 9.64. The van der Waals surface area contributed by atoms with Crippen LogP contribution in [-0.2, 0) is 24.1 Å². The summed E-state index contributed by atoms with van der Waals surface area (Å²) in [6.07, 6.45) is 7.74. The van der Waals surface area contributed by atoms with E-state index in [2.05, 4.69) is 94.0 Å². The van der Waals surface area contributed by atoms with Crippen LogP contribution in [0.1, 0.15) is 103 Å². The Hall–Kier alpha value is -2.12. The van der Waals surface area contributed by atoms with Gasteiger partial charge in [0.2, 0.25) is 5.91 Å². The molecule has 3 rings (SSSR count). The summed E-state index contributed by atoms with van der Waals surface area (Å²) >= 11 is 1.86. The third kappa shape index (κ3) is 8.54. The molecule has 0 saturated carbocycles. The summed E-state index contributed by atoms with van der Waals surface area (Å²) in [6.45, 7) is 21.6. The van der Waals surface area contributed by atoms with Crippen LogP contribution in [0.15, 0.2) is 35.7 Å². The Balaban J connectivity index is 1.67. The van der Waals surface area contributed by atoms with Crippen LogP contribution in [0.25, 0.3) is 0 Å². The van der Waals surface area contributed by atoms with E-state index in [-0.39, 0.29) is 22.7 Å². The lowest BCUT2D eigenvalue weighted by molar-refractivity contribution is -0.142. The second-order valence-electron chi connectivity index (χ2n) is 13.1. The number of nitrogens with zero attached hydrogens (tertiary/aromatic N) is 3. The van der Waals surface area contributed by atoms with E-state index in [1.54, 1.807) is 0 Å². The van der Waals surface area contributed by atoms with Crippen LogP contribution in [-0.4, -0.2) is 78.0 Å². The van der Waals surface area contributed by atoms with Crippen molar-refractivity contribution in [3.05, 3.63) is 51.7 Å². The van der Waals surface area contributed by atoms with E-state index in [9.17, 15) is 9.59 Å². The molecule has 0 aliphatic heterocycles. The van der Waals surface area contributed by atoms with Crippen LogP contribution in [0.3, 0.4) is 0 Å². The topological polar surface area (TPSA) is 43.9 Å². The monoisotopic (exact) mass is 606 g/mol. The molecule has 7 heteroatoms. The maximum atomic E-state index is 13.7. The van der Waals surface area contributed by atoms with Gasteiger partial charge in [-0.1, -0.05) is 69.9 Å². The number of benzene rings is 1. The Morgan fingerprint density at radius 2 is 1.74 bits per heavy atom. The van der Waals surface area contributed by atoms with E-state index < -0.39 is 0 Å². The predicted octanol–water partition coefficient (Wildman–Crippen LogP) is 7.18. The van der Waals surface area contributed by atoms with Gasteiger partial charge in [0.15, 0.2) is 5.81 Å². The third-order valence-electron chi connectivity index (χ3n) is 10.4. The minimum absolute atomic E-state index is 0.0903. The number of amides is 2. The Labute approximate surface area is 267 Å². The highest BCUT2D eigenvalue weighted by Gasteiger charge is 2.45. The summed E-state index contributed by atoms with van der Waals surface area (Å²) in [5.41, 5.74) is 3.42. The van der Waals surface area contributed by atoms with Crippen LogP contribution >= 0.6 is 11.3 Å². The van der Waals surface area contributed by atoms with Crippen LogP contribution in [0.5, 0.6) is 0 Å². The molecule has 1 aliphatic rings.